The second-order valence-electron chi connectivity index (χ2n) is 7.19. The van der Waals surface area contributed by atoms with Crippen molar-refractivity contribution < 1.29 is 19.1 Å². The molecule has 1 unspecified atom stereocenters. The van der Waals surface area contributed by atoms with Gasteiger partial charge in [0.05, 0.1) is 19.5 Å². The van der Waals surface area contributed by atoms with Crippen molar-refractivity contribution in [2.75, 3.05) is 32.1 Å². The smallest absolute Gasteiger partial charge is 0.224 e. The molecule has 146 valence electrons. The summed E-state index contributed by atoms with van der Waals surface area (Å²) in [6, 6.07) is 5.69. The van der Waals surface area contributed by atoms with Gasteiger partial charge in [-0.1, -0.05) is 6.07 Å². The van der Waals surface area contributed by atoms with Crippen molar-refractivity contribution in [1.82, 2.24) is 4.90 Å². The first-order valence-corrected chi connectivity index (χ1v) is 9.68. The van der Waals surface area contributed by atoms with Crippen molar-refractivity contribution >= 4 is 17.5 Å². The fourth-order valence-corrected chi connectivity index (χ4v) is 3.40. The number of nitrogens with one attached hydrogen (secondary N) is 1. The average Bonchev–Trinajstić information content (AvgIpc) is 2.69. The number of carbonyl (C=O) groups is 2. The highest BCUT2D eigenvalue weighted by Gasteiger charge is 2.18. The number of fused-ring (bicyclic) bond motifs is 1. The standard InChI is InChI=1S/C21H28N2O4/c1-23(12-11-16-5-3-13-26-15-16)21(25)8-4-14-27-19-7-2-6-18-17(19)9-10-20(24)22-18/h2-3,6-7,13,16H,4-5,8-12,14-15H2,1H3,(H,22,24). The Morgan fingerprint density at radius 2 is 2.26 bits per heavy atom. The molecule has 0 saturated heterocycles. The van der Waals surface area contributed by atoms with Crippen LogP contribution in [0.4, 0.5) is 5.69 Å². The van der Waals surface area contributed by atoms with Gasteiger partial charge in [-0.25, -0.2) is 0 Å². The van der Waals surface area contributed by atoms with Crippen molar-refractivity contribution in [3.8, 4) is 5.75 Å². The molecule has 0 fully saturated rings. The monoisotopic (exact) mass is 372 g/mol. The quantitative estimate of drug-likeness (QED) is 0.712. The molecule has 27 heavy (non-hydrogen) atoms. The highest BCUT2D eigenvalue weighted by molar-refractivity contribution is 5.94. The van der Waals surface area contributed by atoms with E-state index in [-0.39, 0.29) is 11.8 Å². The van der Waals surface area contributed by atoms with E-state index in [1.807, 2.05) is 31.3 Å². The molecule has 2 heterocycles. The van der Waals surface area contributed by atoms with E-state index in [4.69, 9.17) is 9.47 Å². The minimum Gasteiger partial charge on any atom is -0.501 e. The molecule has 1 N–H and O–H groups in total. The molecule has 0 spiro atoms. The Hall–Kier alpha value is -2.50. The van der Waals surface area contributed by atoms with Gasteiger partial charge in [0, 0.05) is 37.7 Å². The SMILES string of the molecule is CN(CCC1CC=COC1)C(=O)CCCOc1cccc2c1CCC(=O)N2. The molecule has 1 atom stereocenters. The van der Waals surface area contributed by atoms with Crippen molar-refractivity contribution in [3.63, 3.8) is 0 Å². The molecule has 1 aromatic carbocycles. The molecule has 0 bridgehead atoms. The predicted octanol–water partition coefficient (Wildman–Crippen LogP) is 3.13. The Morgan fingerprint density at radius 3 is 3.07 bits per heavy atom. The number of rotatable bonds is 8. The van der Waals surface area contributed by atoms with Crippen LogP contribution in [0.2, 0.25) is 0 Å². The number of ether oxygens (including phenoxy) is 2. The minimum atomic E-state index is 0.0455. The van der Waals surface area contributed by atoms with Gasteiger partial charge in [0.2, 0.25) is 11.8 Å². The normalized spacial score (nSPS) is 18.3. The van der Waals surface area contributed by atoms with Crippen LogP contribution in [-0.2, 0) is 20.7 Å². The van der Waals surface area contributed by atoms with Crippen LogP contribution in [0.15, 0.2) is 30.5 Å². The predicted molar refractivity (Wildman–Crippen MR) is 104 cm³/mol. The van der Waals surface area contributed by atoms with E-state index >= 15 is 0 Å². The Bertz CT molecular complexity index is 701. The first kappa shape index (κ1) is 19.3. The summed E-state index contributed by atoms with van der Waals surface area (Å²) in [4.78, 5) is 25.6. The van der Waals surface area contributed by atoms with Crippen LogP contribution in [0, 0.1) is 5.92 Å². The van der Waals surface area contributed by atoms with Gasteiger partial charge in [0.15, 0.2) is 0 Å². The molecule has 6 heteroatoms. The lowest BCUT2D eigenvalue weighted by atomic mass is 10.0. The number of amides is 2. The van der Waals surface area contributed by atoms with Crippen LogP contribution in [0.1, 0.15) is 37.7 Å². The van der Waals surface area contributed by atoms with E-state index in [2.05, 4.69) is 5.32 Å². The molecule has 0 radical (unpaired) electrons. The topological polar surface area (TPSA) is 67.9 Å². The van der Waals surface area contributed by atoms with E-state index < -0.39 is 0 Å². The number of hydrogen-bond acceptors (Lipinski definition) is 4. The van der Waals surface area contributed by atoms with Crippen LogP contribution in [0.25, 0.3) is 0 Å². The number of nitrogens with zero attached hydrogens (tertiary/aromatic N) is 1. The second kappa shape index (κ2) is 9.44. The maximum Gasteiger partial charge on any atom is 0.224 e. The molecular formula is C21H28N2O4. The highest BCUT2D eigenvalue weighted by atomic mass is 16.5. The van der Waals surface area contributed by atoms with Gasteiger partial charge in [0.1, 0.15) is 5.75 Å². The van der Waals surface area contributed by atoms with E-state index in [1.165, 1.54) is 0 Å². The van der Waals surface area contributed by atoms with E-state index in [1.54, 1.807) is 11.2 Å². The van der Waals surface area contributed by atoms with Gasteiger partial charge >= 0.3 is 0 Å². The Balaban J connectivity index is 1.37. The van der Waals surface area contributed by atoms with Crippen molar-refractivity contribution in [3.05, 3.63) is 36.1 Å². The van der Waals surface area contributed by atoms with Gasteiger partial charge in [-0.05, 0) is 49.8 Å². The molecule has 3 rings (SSSR count). The largest absolute Gasteiger partial charge is 0.501 e. The molecule has 2 aliphatic rings. The summed E-state index contributed by atoms with van der Waals surface area (Å²) in [7, 11) is 1.86. The van der Waals surface area contributed by atoms with E-state index in [0.29, 0.717) is 38.2 Å². The zero-order valence-corrected chi connectivity index (χ0v) is 15.9. The minimum absolute atomic E-state index is 0.0455. The second-order valence-corrected chi connectivity index (χ2v) is 7.19. The van der Waals surface area contributed by atoms with Gasteiger partial charge in [-0.15, -0.1) is 0 Å². The summed E-state index contributed by atoms with van der Waals surface area (Å²) in [5, 5.41) is 2.87. The lowest BCUT2D eigenvalue weighted by Crippen LogP contribution is -2.30. The number of allylic oxidation sites excluding steroid dienone is 1. The van der Waals surface area contributed by atoms with Gasteiger partial charge < -0.3 is 19.7 Å². The first-order valence-electron chi connectivity index (χ1n) is 9.68. The number of hydrogen-bond donors (Lipinski definition) is 1. The fraction of sp³-hybridized carbons (Fsp3) is 0.524. The molecule has 6 nitrogen and oxygen atoms in total. The van der Waals surface area contributed by atoms with Gasteiger partial charge in [-0.3, -0.25) is 9.59 Å². The molecule has 2 amide bonds. The van der Waals surface area contributed by atoms with Crippen molar-refractivity contribution in [2.24, 2.45) is 5.92 Å². The Kier molecular flexibility index (Phi) is 6.74. The van der Waals surface area contributed by atoms with Crippen LogP contribution >= 0.6 is 0 Å². The van der Waals surface area contributed by atoms with Crippen LogP contribution < -0.4 is 10.1 Å². The van der Waals surface area contributed by atoms with Crippen LogP contribution in [0.3, 0.4) is 0 Å². The third-order valence-electron chi connectivity index (χ3n) is 5.09. The molecule has 0 saturated carbocycles. The average molecular weight is 372 g/mol. The molecular weight excluding hydrogens is 344 g/mol. The first-order chi connectivity index (χ1) is 13.1. The summed E-state index contributed by atoms with van der Waals surface area (Å²) in [6.45, 7) is 1.99. The van der Waals surface area contributed by atoms with E-state index in [0.717, 1.165) is 43.0 Å². The van der Waals surface area contributed by atoms with Crippen molar-refractivity contribution in [1.29, 1.82) is 0 Å². The molecule has 0 aliphatic carbocycles. The summed E-state index contributed by atoms with van der Waals surface area (Å²) in [5.41, 5.74) is 1.88. The highest BCUT2D eigenvalue weighted by Crippen LogP contribution is 2.31. The lowest BCUT2D eigenvalue weighted by Gasteiger charge is -2.23. The number of anilines is 1. The summed E-state index contributed by atoms with van der Waals surface area (Å²) < 4.78 is 11.2. The molecule has 2 aliphatic heterocycles. The fourth-order valence-electron chi connectivity index (χ4n) is 3.40. The maximum atomic E-state index is 12.3. The maximum absolute atomic E-state index is 12.3. The Labute approximate surface area is 160 Å². The number of carbonyl (C=O) groups excluding carboxylic acids is 2. The summed E-state index contributed by atoms with van der Waals surface area (Å²) >= 11 is 0. The lowest BCUT2D eigenvalue weighted by molar-refractivity contribution is -0.130. The van der Waals surface area contributed by atoms with Crippen molar-refractivity contribution in [2.45, 2.75) is 38.5 Å². The van der Waals surface area contributed by atoms with Gasteiger partial charge in [0.25, 0.3) is 0 Å². The molecule has 0 aromatic heterocycles. The van der Waals surface area contributed by atoms with Gasteiger partial charge in [-0.2, -0.15) is 0 Å². The Morgan fingerprint density at radius 1 is 1.37 bits per heavy atom. The van der Waals surface area contributed by atoms with Crippen LogP contribution in [-0.4, -0.2) is 43.5 Å². The zero-order chi connectivity index (χ0) is 19.1. The number of benzene rings is 1. The molecule has 1 aromatic rings. The summed E-state index contributed by atoms with van der Waals surface area (Å²) in [5.74, 6) is 1.49. The third-order valence-corrected chi connectivity index (χ3v) is 5.09. The van der Waals surface area contributed by atoms with Crippen LogP contribution in [0.5, 0.6) is 5.75 Å². The zero-order valence-electron chi connectivity index (χ0n) is 15.9. The summed E-state index contributed by atoms with van der Waals surface area (Å²) in [6.07, 6.45) is 8.11. The third kappa shape index (κ3) is 5.49. The van der Waals surface area contributed by atoms with E-state index in [9.17, 15) is 9.59 Å².